The van der Waals surface area contributed by atoms with Crippen LogP contribution in [0.1, 0.15) is 27.6 Å². The molecule has 1 heterocycles. The van der Waals surface area contributed by atoms with Crippen LogP contribution in [-0.4, -0.2) is 34.3 Å². The third-order valence-electron chi connectivity index (χ3n) is 5.04. The molecule has 0 aliphatic heterocycles. The number of hydrogen-bond acceptors (Lipinski definition) is 6. The maximum Gasteiger partial charge on any atom is 0.341 e. The third-order valence-corrected chi connectivity index (χ3v) is 6.53. The van der Waals surface area contributed by atoms with E-state index in [1.54, 1.807) is 19.1 Å². The molecule has 0 atom stereocenters. The second-order valence-corrected chi connectivity index (χ2v) is 9.15. The van der Waals surface area contributed by atoms with Crippen molar-refractivity contribution in [2.24, 2.45) is 0 Å². The number of ketones is 1. The molecule has 4 aromatic rings. The highest BCUT2D eigenvalue weighted by molar-refractivity contribution is 9.10. The lowest BCUT2D eigenvalue weighted by molar-refractivity contribution is 0.0521. The lowest BCUT2D eigenvalue weighted by Crippen LogP contribution is -2.13. The Hall–Kier alpha value is -3.29. The number of Topliss-reactive ketones (excluding diaryl/α,β-unsaturated/α-hetero) is 1. The van der Waals surface area contributed by atoms with E-state index in [0.29, 0.717) is 27.4 Å². The fraction of sp³-hybridized carbons (Fsp3) is 0.111. The first-order valence-electron chi connectivity index (χ1n) is 10.7. The van der Waals surface area contributed by atoms with Gasteiger partial charge < -0.3 is 4.74 Å². The number of halogens is 1. The van der Waals surface area contributed by atoms with Gasteiger partial charge in [0.15, 0.2) is 5.78 Å². The fourth-order valence-electron chi connectivity index (χ4n) is 3.45. The molecule has 7 heteroatoms. The lowest BCUT2D eigenvalue weighted by atomic mass is 9.96. The predicted molar refractivity (Wildman–Crippen MR) is 138 cm³/mol. The van der Waals surface area contributed by atoms with Crippen LogP contribution in [0.15, 0.2) is 94.4 Å². The molecule has 0 aliphatic rings. The van der Waals surface area contributed by atoms with Crippen molar-refractivity contribution < 1.29 is 14.3 Å². The average Bonchev–Trinajstić information content (AvgIpc) is 2.88. The summed E-state index contributed by atoms with van der Waals surface area (Å²) < 4.78 is 6.32. The first kappa shape index (κ1) is 23.9. The topological polar surface area (TPSA) is 69.2 Å². The third kappa shape index (κ3) is 5.43. The van der Waals surface area contributed by atoms with Crippen molar-refractivity contribution in [3.8, 4) is 22.4 Å². The average molecular weight is 533 g/mol. The molecule has 170 valence electrons. The summed E-state index contributed by atoms with van der Waals surface area (Å²) in [6, 6.07) is 26.3. The molecule has 4 rings (SSSR count). The summed E-state index contributed by atoms with van der Waals surface area (Å²) in [4.78, 5) is 26.0. The zero-order chi connectivity index (χ0) is 23.9. The zero-order valence-corrected chi connectivity index (χ0v) is 20.8. The molecule has 0 unspecified atom stereocenters. The summed E-state index contributed by atoms with van der Waals surface area (Å²) in [6.07, 6.45) is 0. The number of nitrogens with zero attached hydrogens (tertiary/aromatic N) is 2. The molecular formula is C27H21BrN2O3S. The fourth-order valence-corrected chi connectivity index (χ4v) is 4.58. The molecule has 3 aromatic carbocycles. The highest BCUT2D eigenvalue weighted by Crippen LogP contribution is 2.37. The van der Waals surface area contributed by atoms with Gasteiger partial charge in [0.2, 0.25) is 0 Å². The Labute approximate surface area is 210 Å². The summed E-state index contributed by atoms with van der Waals surface area (Å²) in [5.74, 6) is -0.448. The number of rotatable bonds is 8. The van der Waals surface area contributed by atoms with Gasteiger partial charge in [0.25, 0.3) is 0 Å². The maximum atomic E-state index is 13.2. The number of hydrogen-bond donors (Lipinski definition) is 0. The lowest BCUT2D eigenvalue weighted by Gasteiger charge is -2.16. The molecule has 0 bridgehead atoms. The van der Waals surface area contributed by atoms with Gasteiger partial charge in [-0.05, 0) is 24.6 Å². The number of benzene rings is 3. The van der Waals surface area contributed by atoms with E-state index < -0.39 is 5.97 Å². The Balaban J connectivity index is 1.81. The molecule has 0 N–H and O–H groups in total. The van der Waals surface area contributed by atoms with E-state index in [4.69, 9.17) is 4.74 Å². The summed E-state index contributed by atoms with van der Waals surface area (Å²) in [7, 11) is 0. The Bertz CT molecular complexity index is 1300. The van der Waals surface area contributed by atoms with Crippen LogP contribution in [0.25, 0.3) is 22.4 Å². The Morgan fingerprint density at radius 3 is 2.09 bits per heavy atom. The number of thioether (sulfide) groups is 1. The standard InChI is InChI=1S/C27H21BrN2O3S/c1-2-33-27(32)24-23(19-9-5-3-6-10-19)25(20-11-7-4-8-12-20)29-30-26(24)34-17-22(31)18-13-15-21(28)16-14-18/h3-16H,2,17H2,1H3. The number of carbonyl (C=O) groups is 2. The van der Waals surface area contributed by atoms with Crippen LogP contribution in [-0.2, 0) is 4.74 Å². The normalized spacial score (nSPS) is 10.6. The molecule has 0 saturated heterocycles. The number of esters is 1. The number of aromatic nitrogens is 2. The first-order valence-corrected chi connectivity index (χ1v) is 12.5. The smallest absolute Gasteiger partial charge is 0.341 e. The van der Waals surface area contributed by atoms with Crippen LogP contribution in [0.3, 0.4) is 0 Å². The van der Waals surface area contributed by atoms with Gasteiger partial charge in [-0.3, -0.25) is 4.79 Å². The van der Waals surface area contributed by atoms with E-state index in [2.05, 4.69) is 26.1 Å². The molecule has 0 radical (unpaired) electrons. The van der Waals surface area contributed by atoms with E-state index in [9.17, 15) is 9.59 Å². The van der Waals surface area contributed by atoms with E-state index in [1.807, 2.05) is 72.8 Å². The van der Waals surface area contributed by atoms with E-state index in [0.717, 1.165) is 15.6 Å². The van der Waals surface area contributed by atoms with Crippen LogP contribution in [0.2, 0.25) is 0 Å². The van der Waals surface area contributed by atoms with Crippen molar-refractivity contribution in [1.29, 1.82) is 0 Å². The summed E-state index contributed by atoms with van der Waals surface area (Å²) >= 11 is 4.57. The van der Waals surface area contributed by atoms with Crippen LogP contribution >= 0.6 is 27.7 Å². The highest BCUT2D eigenvalue weighted by atomic mass is 79.9. The zero-order valence-electron chi connectivity index (χ0n) is 18.4. The largest absolute Gasteiger partial charge is 0.462 e. The van der Waals surface area contributed by atoms with Crippen LogP contribution < -0.4 is 0 Å². The molecule has 0 aliphatic carbocycles. The quantitative estimate of drug-likeness (QED) is 0.142. The molecule has 0 fully saturated rings. The Morgan fingerprint density at radius 1 is 0.853 bits per heavy atom. The van der Waals surface area contributed by atoms with Gasteiger partial charge in [-0.15, -0.1) is 10.2 Å². The number of ether oxygens (including phenoxy) is 1. The van der Waals surface area contributed by atoms with E-state index in [1.165, 1.54) is 11.8 Å². The molecule has 1 aromatic heterocycles. The minimum absolute atomic E-state index is 0.0671. The molecule has 0 saturated carbocycles. The predicted octanol–water partition coefficient (Wildman–Crippen LogP) is 6.72. The Kier molecular flexibility index (Phi) is 7.87. The molecular weight excluding hydrogens is 512 g/mol. The van der Waals surface area contributed by atoms with Gasteiger partial charge in [-0.25, -0.2) is 4.79 Å². The SMILES string of the molecule is CCOC(=O)c1c(SCC(=O)c2ccc(Br)cc2)nnc(-c2ccccc2)c1-c1ccccc1. The highest BCUT2D eigenvalue weighted by Gasteiger charge is 2.26. The summed E-state index contributed by atoms with van der Waals surface area (Å²) in [5, 5.41) is 9.23. The van der Waals surface area contributed by atoms with Crippen molar-refractivity contribution in [3.05, 3.63) is 101 Å². The van der Waals surface area contributed by atoms with Gasteiger partial charge >= 0.3 is 5.97 Å². The van der Waals surface area contributed by atoms with Crippen molar-refractivity contribution in [2.45, 2.75) is 11.9 Å². The van der Waals surface area contributed by atoms with Gasteiger partial charge in [-0.2, -0.15) is 0 Å². The van der Waals surface area contributed by atoms with E-state index in [-0.39, 0.29) is 18.1 Å². The monoisotopic (exact) mass is 532 g/mol. The minimum Gasteiger partial charge on any atom is -0.462 e. The molecule has 5 nitrogen and oxygen atoms in total. The molecule has 0 spiro atoms. The summed E-state index contributed by atoms with van der Waals surface area (Å²) in [5.41, 5.74) is 3.78. The Morgan fingerprint density at radius 2 is 1.47 bits per heavy atom. The summed E-state index contributed by atoms with van der Waals surface area (Å²) in [6.45, 7) is 1.98. The van der Waals surface area contributed by atoms with Crippen LogP contribution in [0.4, 0.5) is 0 Å². The second kappa shape index (κ2) is 11.2. The second-order valence-electron chi connectivity index (χ2n) is 7.28. The van der Waals surface area contributed by atoms with Crippen molar-refractivity contribution in [3.63, 3.8) is 0 Å². The maximum absolute atomic E-state index is 13.2. The van der Waals surface area contributed by atoms with Crippen LogP contribution in [0, 0.1) is 0 Å². The molecule has 34 heavy (non-hydrogen) atoms. The van der Waals surface area contributed by atoms with Crippen LogP contribution in [0.5, 0.6) is 0 Å². The van der Waals surface area contributed by atoms with Crippen molar-refractivity contribution >= 4 is 39.4 Å². The van der Waals surface area contributed by atoms with Gasteiger partial charge in [-0.1, -0.05) is 100 Å². The van der Waals surface area contributed by atoms with Gasteiger partial charge in [0.05, 0.1) is 12.4 Å². The van der Waals surface area contributed by atoms with Gasteiger partial charge in [0.1, 0.15) is 16.3 Å². The number of carbonyl (C=O) groups excluding carboxylic acids is 2. The van der Waals surface area contributed by atoms with Gasteiger partial charge in [0, 0.05) is 21.2 Å². The van der Waals surface area contributed by atoms with E-state index >= 15 is 0 Å². The van der Waals surface area contributed by atoms with Crippen molar-refractivity contribution in [2.75, 3.05) is 12.4 Å². The first-order chi connectivity index (χ1) is 16.6. The minimum atomic E-state index is -0.493. The van der Waals surface area contributed by atoms with Crippen molar-refractivity contribution in [1.82, 2.24) is 10.2 Å². The molecule has 0 amide bonds.